The summed E-state index contributed by atoms with van der Waals surface area (Å²) in [5, 5.41) is 10.8. The number of hydrogen-bond acceptors (Lipinski definition) is 5. The lowest BCUT2D eigenvalue weighted by atomic mass is 10.2. The van der Waals surface area contributed by atoms with Gasteiger partial charge in [0.25, 0.3) is 0 Å². The minimum atomic E-state index is -3.42. The number of nitrogens with one attached hydrogen (secondary N) is 1. The molecule has 0 radical (unpaired) electrons. The Labute approximate surface area is 99.6 Å². The lowest BCUT2D eigenvalue weighted by molar-refractivity contribution is 0.294. The molecule has 2 N–H and O–H groups in total. The van der Waals surface area contributed by atoms with E-state index < -0.39 is 15.3 Å². The summed E-state index contributed by atoms with van der Waals surface area (Å²) in [5.41, 5.74) is 0. The molecule has 0 spiro atoms. The summed E-state index contributed by atoms with van der Waals surface area (Å²) in [7, 11) is -3.42. The van der Waals surface area contributed by atoms with Crippen molar-refractivity contribution in [3.05, 3.63) is 16.6 Å². The van der Waals surface area contributed by atoms with Crippen LogP contribution in [0.3, 0.4) is 0 Å². The van der Waals surface area contributed by atoms with Crippen LogP contribution in [-0.2, 0) is 10.0 Å². The van der Waals surface area contributed by atoms with Crippen molar-refractivity contribution >= 4 is 21.4 Å². The maximum Gasteiger partial charge on any atom is 0.216 e. The first-order valence-corrected chi connectivity index (χ1v) is 7.38. The number of thiazole rings is 1. The molecular weight excluding hydrogens is 248 g/mol. The SMILES string of the molecule is CC(CNS(=O)(=O)C(C)CO)c1nccs1. The highest BCUT2D eigenvalue weighted by atomic mass is 32.2. The zero-order chi connectivity index (χ0) is 12.2. The zero-order valence-electron chi connectivity index (χ0n) is 9.25. The zero-order valence-corrected chi connectivity index (χ0v) is 10.9. The Balaban J connectivity index is 2.52. The van der Waals surface area contributed by atoms with Crippen LogP contribution in [0.4, 0.5) is 0 Å². The van der Waals surface area contributed by atoms with E-state index in [0.29, 0.717) is 6.54 Å². The molecule has 16 heavy (non-hydrogen) atoms. The molecule has 0 fully saturated rings. The monoisotopic (exact) mass is 264 g/mol. The van der Waals surface area contributed by atoms with Crippen LogP contribution in [0.15, 0.2) is 11.6 Å². The van der Waals surface area contributed by atoms with E-state index in [1.54, 1.807) is 6.20 Å². The number of nitrogens with zero attached hydrogens (tertiary/aromatic N) is 1. The van der Waals surface area contributed by atoms with E-state index in [2.05, 4.69) is 9.71 Å². The van der Waals surface area contributed by atoms with Crippen molar-refractivity contribution in [2.45, 2.75) is 25.0 Å². The van der Waals surface area contributed by atoms with Crippen molar-refractivity contribution in [2.75, 3.05) is 13.2 Å². The van der Waals surface area contributed by atoms with Gasteiger partial charge in [0.15, 0.2) is 0 Å². The Morgan fingerprint density at radius 1 is 1.56 bits per heavy atom. The Bertz CT molecular complexity index is 402. The van der Waals surface area contributed by atoms with Gasteiger partial charge in [0, 0.05) is 24.0 Å². The number of aliphatic hydroxyl groups is 1. The summed E-state index contributed by atoms with van der Waals surface area (Å²) < 4.78 is 25.6. The lowest BCUT2D eigenvalue weighted by Crippen LogP contribution is -2.36. The first-order valence-electron chi connectivity index (χ1n) is 4.96. The average Bonchev–Trinajstić information content (AvgIpc) is 2.78. The molecule has 1 aromatic rings. The van der Waals surface area contributed by atoms with Gasteiger partial charge in [-0.1, -0.05) is 6.92 Å². The first-order chi connectivity index (χ1) is 7.47. The van der Waals surface area contributed by atoms with Crippen LogP contribution in [0.2, 0.25) is 0 Å². The van der Waals surface area contributed by atoms with Crippen molar-refractivity contribution in [1.82, 2.24) is 9.71 Å². The summed E-state index contributed by atoms with van der Waals surface area (Å²) in [6.07, 6.45) is 1.70. The van der Waals surface area contributed by atoms with Gasteiger partial charge in [-0.15, -0.1) is 11.3 Å². The van der Waals surface area contributed by atoms with Gasteiger partial charge in [-0.25, -0.2) is 18.1 Å². The molecule has 2 unspecified atom stereocenters. The topological polar surface area (TPSA) is 79.3 Å². The van der Waals surface area contributed by atoms with Crippen LogP contribution >= 0.6 is 11.3 Å². The van der Waals surface area contributed by atoms with Crippen LogP contribution in [0.1, 0.15) is 24.8 Å². The Kier molecular flexibility index (Phi) is 4.85. The number of hydrogen-bond donors (Lipinski definition) is 2. The van der Waals surface area contributed by atoms with Crippen molar-refractivity contribution in [3.8, 4) is 0 Å². The second kappa shape index (κ2) is 5.72. The van der Waals surface area contributed by atoms with Gasteiger partial charge >= 0.3 is 0 Å². The van der Waals surface area contributed by atoms with Gasteiger partial charge in [0.2, 0.25) is 10.0 Å². The van der Waals surface area contributed by atoms with Crippen LogP contribution in [-0.4, -0.2) is 36.9 Å². The van der Waals surface area contributed by atoms with E-state index in [1.807, 2.05) is 12.3 Å². The van der Waals surface area contributed by atoms with Crippen LogP contribution in [0.5, 0.6) is 0 Å². The minimum absolute atomic E-state index is 0.0423. The highest BCUT2D eigenvalue weighted by molar-refractivity contribution is 7.90. The fraction of sp³-hybridized carbons (Fsp3) is 0.667. The fourth-order valence-corrected chi connectivity index (χ4v) is 2.71. The first kappa shape index (κ1) is 13.6. The van der Waals surface area contributed by atoms with E-state index in [1.165, 1.54) is 18.3 Å². The van der Waals surface area contributed by atoms with Gasteiger partial charge < -0.3 is 5.11 Å². The Morgan fingerprint density at radius 3 is 2.75 bits per heavy atom. The predicted octanol–water partition coefficient (Wildman–Crippen LogP) is 0.547. The molecule has 1 aromatic heterocycles. The second-order valence-electron chi connectivity index (χ2n) is 3.66. The number of aliphatic hydroxyl groups excluding tert-OH is 1. The smallest absolute Gasteiger partial charge is 0.216 e. The highest BCUT2D eigenvalue weighted by Crippen LogP contribution is 2.16. The average molecular weight is 264 g/mol. The largest absolute Gasteiger partial charge is 0.395 e. The second-order valence-corrected chi connectivity index (χ2v) is 6.77. The molecule has 1 heterocycles. The standard InChI is InChI=1S/C9H16N2O3S2/c1-7(9-10-3-4-15-9)5-11-16(13,14)8(2)6-12/h3-4,7-8,11-12H,5-6H2,1-2H3. The van der Waals surface area contributed by atoms with Gasteiger partial charge in [0.1, 0.15) is 0 Å². The van der Waals surface area contributed by atoms with Crippen molar-refractivity contribution in [2.24, 2.45) is 0 Å². The van der Waals surface area contributed by atoms with E-state index in [-0.39, 0.29) is 12.5 Å². The van der Waals surface area contributed by atoms with Crippen LogP contribution in [0, 0.1) is 0 Å². The summed E-state index contributed by atoms with van der Waals surface area (Å²) >= 11 is 1.50. The van der Waals surface area contributed by atoms with E-state index in [0.717, 1.165) is 5.01 Å². The molecule has 0 amide bonds. The normalized spacial score (nSPS) is 15.9. The number of rotatable bonds is 6. The predicted molar refractivity (Wildman–Crippen MR) is 64.0 cm³/mol. The molecule has 5 nitrogen and oxygen atoms in total. The van der Waals surface area contributed by atoms with Crippen molar-refractivity contribution < 1.29 is 13.5 Å². The molecule has 92 valence electrons. The third-order valence-electron chi connectivity index (χ3n) is 2.25. The molecule has 0 bridgehead atoms. The number of aromatic nitrogens is 1. The molecule has 0 aliphatic rings. The van der Waals surface area contributed by atoms with E-state index >= 15 is 0 Å². The third-order valence-corrected chi connectivity index (χ3v) is 5.04. The summed E-state index contributed by atoms with van der Waals surface area (Å²) in [4.78, 5) is 4.12. The maximum absolute atomic E-state index is 11.5. The number of sulfonamides is 1. The Morgan fingerprint density at radius 2 is 2.25 bits per heavy atom. The third kappa shape index (κ3) is 3.51. The molecular formula is C9H16N2O3S2. The molecule has 0 saturated carbocycles. The molecule has 0 aliphatic heterocycles. The summed E-state index contributed by atoms with van der Waals surface area (Å²) in [6, 6.07) is 0. The van der Waals surface area contributed by atoms with E-state index in [4.69, 9.17) is 5.11 Å². The van der Waals surface area contributed by atoms with Crippen LogP contribution < -0.4 is 4.72 Å². The Hall–Kier alpha value is -0.500. The maximum atomic E-state index is 11.5. The lowest BCUT2D eigenvalue weighted by Gasteiger charge is -2.13. The minimum Gasteiger partial charge on any atom is -0.395 e. The van der Waals surface area contributed by atoms with Crippen LogP contribution in [0.25, 0.3) is 0 Å². The molecule has 0 saturated heterocycles. The molecule has 7 heteroatoms. The van der Waals surface area contributed by atoms with Crippen molar-refractivity contribution in [3.63, 3.8) is 0 Å². The quantitative estimate of drug-likeness (QED) is 0.786. The van der Waals surface area contributed by atoms with Gasteiger partial charge in [-0.3, -0.25) is 0 Å². The van der Waals surface area contributed by atoms with Gasteiger partial charge in [-0.05, 0) is 6.92 Å². The highest BCUT2D eigenvalue weighted by Gasteiger charge is 2.20. The van der Waals surface area contributed by atoms with E-state index in [9.17, 15) is 8.42 Å². The molecule has 2 atom stereocenters. The van der Waals surface area contributed by atoms with Crippen molar-refractivity contribution in [1.29, 1.82) is 0 Å². The molecule has 0 aliphatic carbocycles. The summed E-state index contributed by atoms with van der Waals surface area (Å²) in [5.74, 6) is 0.0423. The van der Waals surface area contributed by atoms with Gasteiger partial charge in [0.05, 0.1) is 16.9 Å². The fourth-order valence-electron chi connectivity index (χ4n) is 1.05. The summed E-state index contributed by atoms with van der Waals surface area (Å²) in [6.45, 7) is 3.31. The van der Waals surface area contributed by atoms with Gasteiger partial charge in [-0.2, -0.15) is 0 Å². The molecule has 0 aromatic carbocycles. The molecule has 1 rings (SSSR count).